The first-order valence-corrected chi connectivity index (χ1v) is 5.31. The van der Waals surface area contributed by atoms with Crippen LogP contribution in [0.2, 0.25) is 0 Å². The maximum Gasteiger partial charge on any atom is 0.194 e. The molecule has 0 radical (unpaired) electrons. The van der Waals surface area contributed by atoms with E-state index in [1.165, 1.54) is 6.07 Å². The first kappa shape index (κ1) is 13.0. The van der Waals surface area contributed by atoms with Gasteiger partial charge in [-0.1, -0.05) is 19.9 Å². The van der Waals surface area contributed by atoms with Crippen molar-refractivity contribution in [2.75, 3.05) is 0 Å². The van der Waals surface area contributed by atoms with Crippen LogP contribution >= 0.6 is 0 Å². The van der Waals surface area contributed by atoms with Crippen LogP contribution < -0.4 is 5.73 Å². The zero-order chi connectivity index (χ0) is 12.3. The summed E-state index contributed by atoms with van der Waals surface area (Å²) in [6.45, 7) is 3.93. The van der Waals surface area contributed by atoms with Gasteiger partial charge in [0, 0.05) is 6.04 Å². The minimum absolute atomic E-state index is 0.0625. The average Bonchev–Trinajstić information content (AvgIpc) is 2.24. The molecule has 1 nitrogen and oxygen atoms in total. The van der Waals surface area contributed by atoms with Crippen molar-refractivity contribution < 1.29 is 13.2 Å². The summed E-state index contributed by atoms with van der Waals surface area (Å²) in [5.74, 6) is -3.38. The second-order valence-corrected chi connectivity index (χ2v) is 4.28. The number of rotatable bonds is 4. The van der Waals surface area contributed by atoms with Gasteiger partial charge >= 0.3 is 0 Å². The molecule has 1 aromatic carbocycles. The van der Waals surface area contributed by atoms with E-state index >= 15 is 0 Å². The van der Waals surface area contributed by atoms with E-state index in [9.17, 15) is 13.2 Å². The molecule has 0 spiro atoms. The average molecular weight is 231 g/mol. The van der Waals surface area contributed by atoms with E-state index < -0.39 is 17.5 Å². The molecule has 0 fully saturated rings. The lowest BCUT2D eigenvalue weighted by Gasteiger charge is -2.15. The predicted octanol–water partition coefficient (Wildman–Crippen LogP) is 3.02. The molecule has 0 aliphatic rings. The van der Waals surface area contributed by atoms with Gasteiger partial charge in [0.2, 0.25) is 0 Å². The fourth-order valence-corrected chi connectivity index (χ4v) is 1.41. The first-order valence-electron chi connectivity index (χ1n) is 5.31. The maximum absolute atomic E-state index is 13.3. The molecule has 1 atom stereocenters. The molecular formula is C12H16F3N. The summed E-state index contributed by atoms with van der Waals surface area (Å²) in [4.78, 5) is 0. The Balaban J connectivity index is 2.72. The Kier molecular flexibility index (Phi) is 4.35. The van der Waals surface area contributed by atoms with Crippen LogP contribution in [-0.2, 0) is 6.42 Å². The number of halogens is 3. The Labute approximate surface area is 93.5 Å². The van der Waals surface area contributed by atoms with E-state index in [1.54, 1.807) is 0 Å². The second-order valence-electron chi connectivity index (χ2n) is 4.28. The smallest absolute Gasteiger partial charge is 0.194 e. The Morgan fingerprint density at radius 2 is 1.75 bits per heavy atom. The highest BCUT2D eigenvalue weighted by Gasteiger charge is 2.14. The highest BCUT2D eigenvalue weighted by molar-refractivity contribution is 5.20. The van der Waals surface area contributed by atoms with Gasteiger partial charge in [0.25, 0.3) is 0 Å². The molecule has 0 amide bonds. The molecule has 16 heavy (non-hydrogen) atoms. The molecule has 0 aliphatic carbocycles. The van der Waals surface area contributed by atoms with Gasteiger partial charge in [-0.05, 0) is 30.4 Å². The van der Waals surface area contributed by atoms with Crippen LogP contribution in [0.1, 0.15) is 25.8 Å². The van der Waals surface area contributed by atoms with Gasteiger partial charge in [-0.25, -0.2) is 13.2 Å². The first-order chi connectivity index (χ1) is 7.43. The molecule has 0 saturated heterocycles. The summed E-state index contributed by atoms with van der Waals surface area (Å²) in [7, 11) is 0. The van der Waals surface area contributed by atoms with Crippen LogP contribution in [0.4, 0.5) is 13.2 Å². The minimum atomic E-state index is -1.41. The van der Waals surface area contributed by atoms with Crippen LogP contribution in [0.25, 0.3) is 0 Å². The molecule has 2 N–H and O–H groups in total. The number of hydrogen-bond acceptors (Lipinski definition) is 1. The zero-order valence-corrected chi connectivity index (χ0v) is 9.43. The monoisotopic (exact) mass is 231 g/mol. The second kappa shape index (κ2) is 5.34. The third-order valence-corrected chi connectivity index (χ3v) is 2.72. The van der Waals surface area contributed by atoms with Crippen molar-refractivity contribution in [2.24, 2.45) is 11.7 Å². The van der Waals surface area contributed by atoms with Gasteiger partial charge < -0.3 is 5.73 Å². The van der Waals surface area contributed by atoms with E-state index in [0.29, 0.717) is 12.8 Å². The van der Waals surface area contributed by atoms with Gasteiger partial charge in [-0.3, -0.25) is 0 Å². The molecule has 0 aromatic heterocycles. The molecule has 1 aromatic rings. The van der Waals surface area contributed by atoms with Crippen LogP contribution in [0.15, 0.2) is 12.1 Å². The van der Waals surface area contributed by atoms with Gasteiger partial charge in [0.1, 0.15) is 0 Å². The van der Waals surface area contributed by atoms with Gasteiger partial charge in [0.15, 0.2) is 17.5 Å². The van der Waals surface area contributed by atoms with Crippen LogP contribution in [0.5, 0.6) is 0 Å². The summed E-state index contributed by atoms with van der Waals surface area (Å²) in [5, 5.41) is 0. The largest absolute Gasteiger partial charge is 0.327 e. The normalized spacial score (nSPS) is 13.2. The highest BCUT2D eigenvalue weighted by Crippen LogP contribution is 2.17. The third-order valence-electron chi connectivity index (χ3n) is 2.72. The topological polar surface area (TPSA) is 26.0 Å². The molecule has 4 heteroatoms. The van der Waals surface area contributed by atoms with Crippen molar-refractivity contribution in [2.45, 2.75) is 32.7 Å². The van der Waals surface area contributed by atoms with Crippen molar-refractivity contribution in [1.29, 1.82) is 0 Å². The number of hydrogen-bond donors (Lipinski definition) is 1. The SMILES string of the molecule is CC(C)C(N)CCc1ccc(F)c(F)c1F. The molecule has 1 rings (SSSR count). The molecule has 1 unspecified atom stereocenters. The molecule has 0 heterocycles. The Bertz CT molecular complexity index is 364. The summed E-state index contributed by atoms with van der Waals surface area (Å²) in [6.07, 6.45) is 0.877. The molecule has 0 saturated carbocycles. The molecule has 0 aliphatic heterocycles. The van der Waals surface area contributed by atoms with Crippen LogP contribution in [-0.4, -0.2) is 6.04 Å². The quantitative estimate of drug-likeness (QED) is 0.792. The Morgan fingerprint density at radius 3 is 2.31 bits per heavy atom. The van der Waals surface area contributed by atoms with Gasteiger partial charge in [-0.15, -0.1) is 0 Å². The number of nitrogens with two attached hydrogens (primary N) is 1. The van der Waals surface area contributed by atoms with Crippen molar-refractivity contribution >= 4 is 0 Å². The maximum atomic E-state index is 13.3. The van der Waals surface area contributed by atoms with Crippen molar-refractivity contribution in [3.63, 3.8) is 0 Å². The summed E-state index contributed by atoms with van der Waals surface area (Å²) < 4.78 is 38.8. The van der Waals surface area contributed by atoms with E-state index in [2.05, 4.69) is 0 Å². The number of aryl methyl sites for hydroxylation is 1. The van der Waals surface area contributed by atoms with E-state index in [0.717, 1.165) is 6.07 Å². The lowest BCUT2D eigenvalue weighted by molar-refractivity contribution is 0.430. The van der Waals surface area contributed by atoms with Crippen molar-refractivity contribution in [3.8, 4) is 0 Å². The fraction of sp³-hybridized carbons (Fsp3) is 0.500. The Morgan fingerprint density at radius 1 is 1.12 bits per heavy atom. The highest BCUT2D eigenvalue weighted by atomic mass is 19.2. The number of benzene rings is 1. The third kappa shape index (κ3) is 2.98. The molecular weight excluding hydrogens is 215 g/mol. The standard InChI is InChI=1S/C12H16F3N/c1-7(2)10(16)6-4-8-3-5-9(13)12(15)11(8)14/h3,5,7,10H,4,6,16H2,1-2H3. The molecule has 90 valence electrons. The lowest BCUT2D eigenvalue weighted by Crippen LogP contribution is -2.26. The van der Waals surface area contributed by atoms with Gasteiger partial charge in [0.05, 0.1) is 0 Å². The summed E-state index contributed by atoms with van der Waals surface area (Å²) in [5.41, 5.74) is 5.97. The molecule has 0 bridgehead atoms. The fourth-order valence-electron chi connectivity index (χ4n) is 1.41. The van der Waals surface area contributed by atoms with Crippen LogP contribution in [0.3, 0.4) is 0 Å². The summed E-state index contributed by atoms with van der Waals surface area (Å²) in [6, 6.07) is 2.14. The van der Waals surface area contributed by atoms with E-state index in [1.807, 2.05) is 13.8 Å². The van der Waals surface area contributed by atoms with Crippen molar-refractivity contribution in [1.82, 2.24) is 0 Å². The van der Waals surface area contributed by atoms with Crippen LogP contribution in [0, 0.1) is 23.4 Å². The van der Waals surface area contributed by atoms with E-state index in [4.69, 9.17) is 5.73 Å². The van der Waals surface area contributed by atoms with E-state index in [-0.39, 0.29) is 17.5 Å². The predicted molar refractivity (Wildman–Crippen MR) is 57.5 cm³/mol. The van der Waals surface area contributed by atoms with Crippen molar-refractivity contribution in [3.05, 3.63) is 35.1 Å². The zero-order valence-electron chi connectivity index (χ0n) is 9.43. The Hall–Kier alpha value is -1.03. The summed E-state index contributed by atoms with van der Waals surface area (Å²) >= 11 is 0. The minimum Gasteiger partial charge on any atom is -0.327 e. The lowest BCUT2D eigenvalue weighted by atomic mass is 9.97. The van der Waals surface area contributed by atoms with Gasteiger partial charge in [-0.2, -0.15) is 0 Å².